The Morgan fingerprint density at radius 1 is 1.37 bits per heavy atom. The summed E-state index contributed by atoms with van der Waals surface area (Å²) < 4.78 is 5.58. The fraction of sp³-hybridized carbons (Fsp3) is 0.571. The number of benzene rings is 1. The summed E-state index contributed by atoms with van der Waals surface area (Å²) >= 11 is 0. The third-order valence-electron chi connectivity index (χ3n) is 3.14. The molecular formula is C14H24N2O3. The molecule has 0 amide bonds. The molecule has 5 heteroatoms. The van der Waals surface area contributed by atoms with Crippen molar-refractivity contribution in [3.63, 3.8) is 0 Å². The summed E-state index contributed by atoms with van der Waals surface area (Å²) in [5.74, 6) is 0.710. The molecule has 2 unspecified atom stereocenters. The molecule has 4 N–H and O–H groups in total. The largest absolute Gasteiger partial charge is 0.491 e. The zero-order chi connectivity index (χ0) is 14.3. The highest BCUT2D eigenvalue weighted by atomic mass is 16.5. The number of likely N-dealkylation sites (N-methyl/N-ethyl adjacent to an activating group) is 1. The SMILES string of the molecule is CC(CO)N(C)CC(O)COc1ccccc1CN. The van der Waals surface area contributed by atoms with Crippen LogP contribution in [-0.4, -0.2) is 54.1 Å². The number of nitrogens with two attached hydrogens (primary N) is 1. The van der Waals surface area contributed by atoms with Crippen molar-refractivity contribution < 1.29 is 14.9 Å². The van der Waals surface area contributed by atoms with Gasteiger partial charge in [-0.25, -0.2) is 0 Å². The lowest BCUT2D eigenvalue weighted by Gasteiger charge is -2.25. The van der Waals surface area contributed by atoms with Crippen molar-refractivity contribution in [1.82, 2.24) is 4.90 Å². The quantitative estimate of drug-likeness (QED) is 0.627. The van der Waals surface area contributed by atoms with Crippen LogP contribution in [0.3, 0.4) is 0 Å². The zero-order valence-electron chi connectivity index (χ0n) is 11.6. The van der Waals surface area contributed by atoms with Gasteiger partial charge < -0.3 is 20.7 Å². The molecule has 1 rings (SSSR count). The van der Waals surface area contributed by atoms with E-state index in [0.29, 0.717) is 18.8 Å². The van der Waals surface area contributed by atoms with E-state index in [-0.39, 0.29) is 19.3 Å². The van der Waals surface area contributed by atoms with Crippen LogP contribution in [0.1, 0.15) is 12.5 Å². The second-order valence-electron chi connectivity index (χ2n) is 4.75. The molecule has 2 atom stereocenters. The molecule has 0 heterocycles. The van der Waals surface area contributed by atoms with E-state index in [1.807, 2.05) is 43.1 Å². The average molecular weight is 268 g/mol. The first-order chi connectivity index (χ1) is 9.08. The molecule has 0 radical (unpaired) electrons. The Hall–Kier alpha value is -1.14. The van der Waals surface area contributed by atoms with Crippen LogP contribution in [0.4, 0.5) is 0 Å². The van der Waals surface area contributed by atoms with Crippen molar-refractivity contribution in [2.45, 2.75) is 25.6 Å². The number of hydrogen-bond donors (Lipinski definition) is 3. The maximum atomic E-state index is 9.91. The number of hydrogen-bond acceptors (Lipinski definition) is 5. The standard InChI is InChI=1S/C14H24N2O3/c1-11(9-17)16(2)8-13(18)10-19-14-6-4-3-5-12(14)7-15/h3-6,11,13,17-18H,7-10,15H2,1-2H3. The van der Waals surface area contributed by atoms with Gasteiger partial charge in [-0.15, -0.1) is 0 Å². The summed E-state index contributed by atoms with van der Waals surface area (Å²) in [6.07, 6.45) is -0.607. The predicted molar refractivity (Wildman–Crippen MR) is 75.0 cm³/mol. The van der Waals surface area contributed by atoms with Gasteiger partial charge >= 0.3 is 0 Å². The highest BCUT2D eigenvalue weighted by Crippen LogP contribution is 2.17. The van der Waals surface area contributed by atoms with Crippen LogP contribution in [0.5, 0.6) is 5.75 Å². The molecule has 0 aliphatic rings. The Kier molecular flexibility index (Phi) is 6.80. The summed E-state index contributed by atoms with van der Waals surface area (Å²) in [5, 5.41) is 18.9. The Labute approximate surface area is 114 Å². The smallest absolute Gasteiger partial charge is 0.123 e. The van der Waals surface area contributed by atoms with E-state index in [0.717, 1.165) is 5.56 Å². The van der Waals surface area contributed by atoms with Crippen LogP contribution < -0.4 is 10.5 Å². The first-order valence-corrected chi connectivity index (χ1v) is 6.48. The van der Waals surface area contributed by atoms with Crippen LogP contribution in [0.2, 0.25) is 0 Å². The van der Waals surface area contributed by atoms with Gasteiger partial charge in [0.15, 0.2) is 0 Å². The number of aliphatic hydroxyl groups excluding tert-OH is 2. The van der Waals surface area contributed by atoms with Gasteiger partial charge in [-0.05, 0) is 20.0 Å². The van der Waals surface area contributed by atoms with Gasteiger partial charge in [0.25, 0.3) is 0 Å². The third kappa shape index (κ3) is 5.16. The van der Waals surface area contributed by atoms with Crippen molar-refractivity contribution in [2.24, 2.45) is 5.73 Å². The van der Waals surface area contributed by atoms with Gasteiger partial charge in [0, 0.05) is 24.7 Å². The summed E-state index contributed by atoms with van der Waals surface area (Å²) in [4.78, 5) is 1.89. The summed E-state index contributed by atoms with van der Waals surface area (Å²) in [6.45, 7) is 3.04. The van der Waals surface area contributed by atoms with Crippen molar-refractivity contribution in [3.8, 4) is 5.75 Å². The molecule has 0 bridgehead atoms. The molecule has 0 saturated carbocycles. The molecule has 5 nitrogen and oxygen atoms in total. The first-order valence-electron chi connectivity index (χ1n) is 6.48. The van der Waals surface area contributed by atoms with Crippen molar-refractivity contribution in [2.75, 3.05) is 26.8 Å². The molecule has 0 aromatic heterocycles. The average Bonchev–Trinajstić information content (AvgIpc) is 2.44. The fourth-order valence-corrected chi connectivity index (χ4v) is 1.70. The number of ether oxygens (including phenoxy) is 1. The van der Waals surface area contributed by atoms with E-state index >= 15 is 0 Å². The fourth-order valence-electron chi connectivity index (χ4n) is 1.70. The zero-order valence-corrected chi connectivity index (χ0v) is 11.6. The van der Waals surface area contributed by atoms with Gasteiger partial charge in [-0.3, -0.25) is 4.90 Å². The Balaban J connectivity index is 2.43. The van der Waals surface area contributed by atoms with E-state index in [2.05, 4.69) is 0 Å². The normalized spacial score (nSPS) is 14.4. The minimum atomic E-state index is -0.607. The van der Waals surface area contributed by atoms with E-state index in [9.17, 15) is 5.11 Å². The highest BCUT2D eigenvalue weighted by Gasteiger charge is 2.14. The summed E-state index contributed by atoms with van der Waals surface area (Å²) in [6, 6.07) is 7.55. The van der Waals surface area contributed by atoms with E-state index < -0.39 is 6.10 Å². The topological polar surface area (TPSA) is 79.0 Å². The molecule has 0 fully saturated rings. The lowest BCUT2D eigenvalue weighted by Crippen LogP contribution is -2.39. The monoisotopic (exact) mass is 268 g/mol. The summed E-state index contributed by atoms with van der Waals surface area (Å²) in [7, 11) is 1.86. The molecule has 0 spiro atoms. The molecule has 1 aromatic rings. The Morgan fingerprint density at radius 3 is 2.68 bits per heavy atom. The highest BCUT2D eigenvalue weighted by molar-refractivity contribution is 5.32. The number of aliphatic hydroxyl groups is 2. The Morgan fingerprint density at radius 2 is 2.05 bits per heavy atom. The van der Waals surface area contributed by atoms with Crippen molar-refractivity contribution >= 4 is 0 Å². The van der Waals surface area contributed by atoms with Crippen molar-refractivity contribution in [3.05, 3.63) is 29.8 Å². The lowest BCUT2D eigenvalue weighted by atomic mass is 10.2. The van der Waals surface area contributed by atoms with Crippen LogP contribution in [0, 0.1) is 0 Å². The minimum Gasteiger partial charge on any atom is -0.491 e. The molecule has 19 heavy (non-hydrogen) atoms. The lowest BCUT2D eigenvalue weighted by molar-refractivity contribution is 0.0540. The van der Waals surface area contributed by atoms with Crippen LogP contribution >= 0.6 is 0 Å². The predicted octanol–water partition coefficient (Wildman–Crippen LogP) is 0.198. The van der Waals surface area contributed by atoms with Gasteiger partial charge in [0.1, 0.15) is 18.5 Å². The molecule has 0 saturated heterocycles. The second kappa shape index (κ2) is 8.12. The maximum absolute atomic E-state index is 9.91. The number of para-hydroxylation sites is 1. The van der Waals surface area contributed by atoms with Gasteiger partial charge in [-0.2, -0.15) is 0 Å². The maximum Gasteiger partial charge on any atom is 0.123 e. The van der Waals surface area contributed by atoms with E-state index in [1.165, 1.54) is 0 Å². The molecule has 0 aliphatic carbocycles. The molecule has 0 aliphatic heterocycles. The summed E-state index contributed by atoms with van der Waals surface area (Å²) in [5.41, 5.74) is 6.54. The van der Waals surface area contributed by atoms with Crippen LogP contribution in [-0.2, 0) is 6.54 Å². The van der Waals surface area contributed by atoms with Gasteiger partial charge in [0.2, 0.25) is 0 Å². The van der Waals surface area contributed by atoms with Crippen LogP contribution in [0.25, 0.3) is 0 Å². The first kappa shape index (κ1) is 15.9. The van der Waals surface area contributed by atoms with Crippen molar-refractivity contribution in [1.29, 1.82) is 0 Å². The van der Waals surface area contributed by atoms with E-state index in [4.69, 9.17) is 15.6 Å². The molecular weight excluding hydrogens is 244 g/mol. The molecule has 1 aromatic carbocycles. The Bertz CT molecular complexity index is 373. The number of nitrogens with zero attached hydrogens (tertiary/aromatic N) is 1. The van der Waals surface area contributed by atoms with Gasteiger partial charge in [-0.1, -0.05) is 18.2 Å². The third-order valence-corrected chi connectivity index (χ3v) is 3.14. The van der Waals surface area contributed by atoms with Gasteiger partial charge in [0.05, 0.1) is 6.61 Å². The van der Waals surface area contributed by atoms with Crippen LogP contribution in [0.15, 0.2) is 24.3 Å². The second-order valence-corrected chi connectivity index (χ2v) is 4.75. The number of rotatable bonds is 8. The minimum absolute atomic E-state index is 0.0194. The molecule has 108 valence electrons. The van der Waals surface area contributed by atoms with E-state index in [1.54, 1.807) is 0 Å².